The Kier molecular flexibility index (Phi) is 12.1. The number of ketones is 1. The third kappa shape index (κ3) is 13.4. The number of ether oxygens (including phenoxy) is 2. The average Bonchev–Trinajstić information content (AvgIpc) is 2.66. The largest absolute Gasteiger partial charge is 0.466 e. The maximum absolute atomic E-state index is 11.8. The number of Topliss-reactive ketones (excluding diaryl/α,β-unsaturated/α-hetero) is 1. The summed E-state index contributed by atoms with van der Waals surface area (Å²) in [5.41, 5.74) is 1.21. The Hall–Kier alpha value is -1.22. The second-order valence-electron chi connectivity index (χ2n) is 11.8. The number of hydrogen-bond acceptors (Lipinski definition) is 5. The van der Waals surface area contributed by atoms with Crippen LogP contribution >= 0.6 is 0 Å². The number of carbonyl (C=O) groups excluding carboxylic acids is 3. The highest BCUT2D eigenvalue weighted by atomic mass is 28.3. The van der Waals surface area contributed by atoms with Crippen molar-refractivity contribution in [3.63, 3.8) is 0 Å². The highest BCUT2D eigenvalue weighted by molar-refractivity contribution is 6.76. The van der Waals surface area contributed by atoms with E-state index in [1.807, 2.05) is 0 Å². The normalized spacial score (nSPS) is 21.9. The second kappa shape index (κ2) is 13.5. The minimum Gasteiger partial charge on any atom is -0.466 e. The van der Waals surface area contributed by atoms with Crippen LogP contribution in [0.3, 0.4) is 0 Å². The molecule has 2 unspecified atom stereocenters. The first-order valence-corrected chi connectivity index (χ1v) is 19.7. The number of allylic oxidation sites excluding steroid dienone is 1. The van der Waals surface area contributed by atoms with Crippen LogP contribution in [0.5, 0.6) is 0 Å². The van der Waals surface area contributed by atoms with E-state index in [0.29, 0.717) is 26.1 Å². The highest BCUT2D eigenvalue weighted by Crippen LogP contribution is 2.28. The highest BCUT2D eigenvalue weighted by Gasteiger charge is 2.27. The average molecular weight is 483 g/mol. The van der Waals surface area contributed by atoms with Gasteiger partial charge < -0.3 is 9.47 Å². The van der Waals surface area contributed by atoms with Gasteiger partial charge in [0.15, 0.2) is 0 Å². The van der Waals surface area contributed by atoms with E-state index in [0.717, 1.165) is 50.6 Å². The van der Waals surface area contributed by atoms with Crippen LogP contribution < -0.4 is 0 Å². The number of rotatable bonds is 8. The van der Waals surface area contributed by atoms with Crippen molar-refractivity contribution in [2.24, 2.45) is 11.8 Å². The minimum atomic E-state index is -1.13. The first-order valence-electron chi connectivity index (χ1n) is 12.3. The monoisotopic (exact) mass is 482 g/mol. The Morgan fingerprint density at radius 1 is 0.812 bits per heavy atom. The molecule has 0 N–H and O–H groups in total. The van der Waals surface area contributed by atoms with E-state index < -0.39 is 16.1 Å². The van der Waals surface area contributed by atoms with Gasteiger partial charge in [0.1, 0.15) is 5.78 Å². The van der Waals surface area contributed by atoms with Gasteiger partial charge in [0, 0.05) is 29.0 Å². The summed E-state index contributed by atoms with van der Waals surface area (Å²) in [6.07, 6.45) is 6.68. The molecular formula is C25H46O5Si2. The number of carbonyl (C=O) groups is 3. The molecule has 2 saturated carbocycles. The Morgan fingerprint density at radius 3 is 1.66 bits per heavy atom. The molecule has 0 radical (unpaired) electrons. The van der Waals surface area contributed by atoms with Gasteiger partial charge in [-0.25, -0.2) is 0 Å². The third-order valence-corrected chi connectivity index (χ3v) is 9.37. The fourth-order valence-electron chi connectivity index (χ4n) is 3.73. The Bertz CT molecular complexity index is 590. The van der Waals surface area contributed by atoms with Crippen LogP contribution in [0.15, 0.2) is 12.2 Å². The van der Waals surface area contributed by atoms with E-state index in [9.17, 15) is 14.4 Å². The van der Waals surface area contributed by atoms with Crippen molar-refractivity contribution in [1.29, 1.82) is 0 Å². The molecular weight excluding hydrogens is 436 g/mol. The maximum Gasteiger partial charge on any atom is 0.309 e. The van der Waals surface area contributed by atoms with Crippen molar-refractivity contribution in [2.45, 2.75) is 103 Å². The van der Waals surface area contributed by atoms with Crippen molar-refractivity contribution >= 4 is 33.9 Å². The van der Waals surface area contributed by atoms with Crippen LogP contribution in [0, 0.1) is 11.8 Å². The molecule has 2 rings (SSSR count). The Labute approximate surface area is 197 Å². The van der Waals surface area contributed by atoms with Crippen LogP contribution in [-0.2, 0) is 23.9 Å². The first kappa shape index (κ1) is 28.8. The topological polar surface area (TPSA) is 69.7 Å². The zero-order valence-corrected chi connectivity index (χ0v) is 23.4. The van der Waals surface area contributed by atoms with Gasteiger partial charge >= 0.3 is 11.9 Å². The molecule has 0 aromatic carbocycles. The number of esters is 2. The van der Waals surface area contributed by atoms with E-state index in [2.05, 4.69) is 45.9 Å². The molecule has 7 heteroatoms. The third-order valence-electron chi connectivity index (χ3n) is 5.96. The summed E-state index contributed by atoms with van der Waals surface area (Å²) in [7, 11) is -2.21. The predicted octanol–water partition coefficient (Wildman–Crippen LogP) is 6.24. The predicted molar refractivity (Wildman–Crippen MR) is 136 cm³/mol. The lowest BCUT2D eigenvalue weighted by Crippen LogP contribution is -2.27. The van der Waals surface area contributed by atoms with Gasteiger partial charge in [-0.1, -0.05) is 51.4 Å². The van der Waals surface area contributed by atoms with Crippen molar-refractivity contribution < 1.29 is 23.9 Å². The van der Waals surface area contributed by atoms with E-state index in [4.69, 9.17) is 9.47 Å². The van der Waals surface area contributed by atoms with E-state index in [1.165, 1.54) is 5.57 Å². The molecule has 184 valence electrons. The lowest BCUT2D eigenvalue weighted by atomic mass is 9.86. The molecule has 0 heterocycles. The molecule has 2 atom stereocenters. The minimum absolute atomic E-state index is 0.000833. The molecule has 32 heavy (non-hydrogen) atoms. The van der Waals surface area contributed by atoms with Crippen LogP contribution in [0.25, 0.3) is 0 Å². The summed E-state index contributed by atoms with van der Waals surface area (Å²) in [6, 6.07) is 2.06. The van der Waals surface area contributed by atoms with Gasteiger partial charge in [-0.3, -0.25) is 14.4 Å². The van der Waals surface area contributed by atoms with Crippen LogP contribution in [-0.4, -0.2) is 47.1 Å². The molecule has 0 amide bonds. The SMILES string of the molecule is C=C1CCCC(C(=O)OCC[Si](C)(C)C)C1.C[Si](C)(C)CCOC(=O)C1CCCC(=O)C1. The zero-order chi connectivity index (χ0) is 24.4. The van der Waals surface area contributed by atoms with Crippen LogP contribution in [0.4, 0.5) is 0 Å². The van der Waals surface area contributed by atoms with Gasteiger partial charge in [-0.15, -0.1) is 0 Å². The summed E-state index contributed by atoms with van der Waals surface area (Å²) in [6.45, 7) is 18.8. The molecule has 5 nitrogen and oxygen atoms in total. The molecule has 0 spiro atoms. The summed E-state index contributed by atoms with van der Waals surface area (Å²) in [4.78, 5) is 34.7. The fourth-order valence-corrected chi connectivity index (χ4v) is 5.16. The molecule has 2 aliphatic carbocycles. The van der Waals surface area contributed by atoms with Gasteiger partial charge in [0.25, 0.3) is 0 Å². The zero-order valence-electron chi connectivity index (χ0n) is 21.4. The van der Waals surface area contributed by atoms with Crippen molar-refractivity contribution in [3.8, 4) is 0 Å². The van der Waals surface area contributed by atoms with Gasteiger partial charge in [-0.2, -0.15) is 0 Å². The molecule has 2 fully saturated rings. The van der Waals surface area contributed by atoms with Crippen LogP contribution in [0.2, 0.25) is 51.4 Å². The summed E-state index contributed by atoms with van der Waals surface area (Å²) >= 11 is 0. The smallest absolute Gasteiger partial charge is 0.309 e. The van der Waals surface area contributed by atoms with Crippen molar-refractivity contribution in [3.05, 3.63) is 12.2 Å². The standard InChI is InChI=1S/C13H24O2Si.C12H22O3Si/c1-11-6-5-7-12(10-11)13(14)15-8-9-16(2,3)4;1-16(2,3)8-7-15-12(14)10-5-4-6-11(13)9-10/h12H,1,5-10H2,2-4H3;10H,4-9H2,1-3H3. The molecule has 0 aromatic rings. The van der Waals surface area contributed by atoms with E-state index >= 15 is 0 Å². The second-order valence-corrected chi connectivity index (χ2v) is 23.1. The molecule has 2 aliphatic rings. The van der Waals surface area contributed by atoms with Gasteiger partial charge in [-0.05, 0) is 50.6 Å². The van der Waals surface area contributed by atoms with E-state index in [-0.39, 0.29) is 29.6 Å². The van der Waals surface area contributed by atoms with Crippen molar-refractivity contribution in [1.82, 2.24) is 0 Å². The molecule has 0 aliphatic heterocycles. The fraction of sp³-hybridized carbons (Fsp3) is 0.800. The first-order chi connectivity index (χ1) is 14.8. The lowest BCUT2D eigenvalue weighted by Gasteiger charge is -2.23. The Balaban J connectivity index is 0.000000320. The van der Waals surface area contributed by atoms with Gasteiger partial charge in [0.05, 0.1) is 25.0 Å². The van der Waals surface area contributed by atoms with Gasteiger partial charge in [0.2, 0.25) is 0 Å². The maximum atomic E-state index is 11.8. The van der Waals surface area contributed by atoms with E-state index in [1.54, 1.807) is 0 Å². The van der Waals surface area contributed by atoms with Crippen LogP contribution in [0.1, 0.15) is 51.4 Å². The quantitative estimate of drug-likeness (QED) is 0.233. The van der Waals surface area contributed by atoms with Crippen molar-refractivity contribution in [2.75, 3.05) is 13.2 Å². The Morgan fingerprint density at radius 2 is 1.25 bits per heavy atom. The molecule has 0 aromatic heterocycles. The number of hydrogen-bond donors (Lipinski definition) is 0. The summed E-state index contributed by atoms with van der Waals surface area (Å²) in [5.74, 6) is -0.0328. The summed E-state index contributed by atoms with van der Waals surface area (Å²) < 4.78 is 10.6. The lowest BCUT2D eigenvalue weighted by molar-refractivity contribution is -0.151. The summed E-state index contributed by atoms with van der Waals surface area (Å²) in [5, 5.41) is 0. The molecule has 0 bridgehead atoms. The molecule has 0 saturated heterocycles.